The number of aliphatic imine (C=N–C) groups is 1. The second-order valence-corrected chi connectivity index (χ2v) is 7.45. The van der Waals surface area contributed by atoms with Crippen molar-refractivity contribution in [2.45, 2.75) is 0 Å². The van der Waals surface area contributed by atoms with Crippen LogP contribution in [0.3, 0.4) is 0 Å². The molecule has 1 atom stereocenters. The number of anilines is 1. The maximum Gasteiger partial charge on any atom is 0.199 e. The summed E-state index contributed by atoms with van der Waals surface area (Å²) in [6, 6.07) is 7.64. The van der Waals surface area contributed by atoms with E-state index in [1.807, 2.05) is 24.3 Å². The molecule has 0 aliphatic carbocycles. The third kappa shape index (κ3) is 7.32. The maximum absolute atomic E-state index is 5.77. The Morgan fingerprint density at radius 3 is 2.75 bits per heavy atom. The number of nitrogens with two attached hydrogens (primary N) is 1. The molecule has 0 radical (unpaired) electrons. The van der Waals surface area contributed by atoms with Gasteiger partial charge in [-0.15, -0.1) is 9.24 Å². The average Bonchev–Trinajstić information content (AvgIpc) is 2.57. The minimum atomic E-state index is 0.347. The minimum Gasteiger partial charge on any atom is -0.492 e. The van der Waals surface area contributed by atoms with Gasteiger partial charge in [-0.3, -0.25) is 4.90 Å². The quantitative estimate of drug-likeness (QED) is 0.335. The molecule has 1 aromatic rings. The molecular formula is C15H23N4O2PS2. The lowest BCUT2D eigenvalue weighted by Gasteiger charge is -2.26. The summed E-state index contributed by atoms with van der Waals surface area (Å²) in [7, 11) is 2.58. The number of thioether (sulfide) groups is 1. The smallest absolute Gasteiger partial charge is 0.199 e. The van der Waals surface area contributed by atoms with Gasteiger partial charge in [-0.25, -0.2) is 0 Å². The standard InChI is InChI=1S/C15H23N4O2PS2/c16-14(24-11-22)18-15(23)17-12-1-3-13(4-2-12)21-10-7-19-5-8-20-9-6-19/h1-4H,5-11,22H2,(H3,16,17,18,23). The number of nitrogens with zero attached hydrogens (tertiary/aromatic N) is 2. The monoisotopic (exact) mass is 386 g/mol. The molecule has 0 saturated carbocycles. The fourth-order valence-corrected chi connectivity index (χ4v) is 3.23. The molecule has 132 valence electrons. The molecule has 0 amide bonds. The van der Waals surface area contributed by atoms with Gasteiger partial charge in [0.2, 0.25) is 0 Å². The van der Waals surface area contributed by atoms with Crippen LogP contribution in [0.4, 0.5) is 5.69 Å². The predicted octanol–water partition coefficient (Wildman–Crippen LogP) is 1.97. The number of morpholine rings is 1. The Morgan fingerprint density at radius 1 is 1.38 bits per heavy atom. The lowest BCUT2D eigenvalue weighted by atomic mass is 10.3. The molecule has 1 aromatic carbocycles. The molecule has 0 bridgehead atoms. The Morgan fingerprint density at radius 2 is 2.08 bits per heavy atom. The highest BCUT2D eigenvalue weighted by molar-refractivity contribution is 8.16. The molecule has 24 heavy (non-hydrogen) atoms. The van der Waals surface area contributed by atoms with Crippen LogP contribution in [0.1, 0.15) is 0 Å². The molecule has 9 heteroatoms. The highest BCUT2D eigenvalue weighted by Crippen LogP contribution is 2.16. The minimum absolute atomic E-state index is 0.347. The van der Waals surface area contributed by atoms with Gasteiger partial charge in [-0.1, -0.05) is 11.8 Å². The highest BCUT2D eigenvalue weighted by Gasteiger charge is 2.09. The molecule has 1 fully saturated rings. The number of hydrogen-bond acceptors (Lipinski definition) is 5. The number of hydrogen-bond donors (Lipinski definition) is 2. The van der Waals surface area contributed by atoms with Gasteiger partial charge < -0.3 is 20.5 Å². The summed E-state index contributed by atoms with van der Waals surface area (Å²) in [6.45, 7) is 5.14. The summed E-state index contributed by atoms with van der Waals surface area (Å²) in [6.07, 6.45) is 0. The van der Waals surface area contributed by atoms with Gasteiger partial charge in [0.25, 0.3) is 0 Å². The predicted molar refractivity (Wildman–Crippen MR) is 109 cm³/mol. The summed E-state index contributed by atoms with van der Waals surface area (Å²) >= 11 is 6.58. The zero-order valence-corrected chi connectivity index (χ0v) is 16.2. The number of amidine groups is 1. The van der Waals surface area contributed by atoms with Crippen molar-refractivity contribution in [2.24, 2.45) is 10.7 Å². The Kier molecular flexibility index (Phi) is 8.77. The Labute approximate surface area is 154 Å². The van der Waals surface area contributed by atoms with Gasteiger partial charge in [-0.2, -0.15) is 4.99 Å². The third-order valence-corrected chi connectivity index (χ3v) is 4.58. The van der Waals surface area contributed by atoms with E-state index < -0.39 is 0 Å². The van der Waals surface area contributed by atoms with Crippen molar-refractivity contribution in [3.8, 4) is 5.75 Å². The summed E-state index contributed by atoms with van der Waals surface area (Å²) in [5, 5.41) is 3.83. The largest absolute Gasteiger partial charge is 0.492 e. The van der Waals surface area contributed by atoms with E-state index >= 15 is 0 Å². The van der Waals surface area contributed by atoms with Gasteiger partial charge in [0, 0.05) is 30.8 Å². The Balaban J connectivity index is 1.73. The van der Waals surface area contributed by atoms with E-state index in [0.717, 1.165) is 49.8 Å². The SMILES string of the molecule is NC(=NC(=S)Nc1ccc(OCCN2CCOCC2)cc1)SCP. The van der Waals surface area contributed by atoms with E-state index in [0.29, 0.717) is 16.9 Å². The normalized spacial score (nSPS) is 16.0. The molecule has 6 nitrogen and oxygen atoms in total. The Bertz CT molecular complexity index is 551. The second-order valence-electron chi connectivity index (χ2n) is 5.02. The lowest BCUT2D eigenvalue weighted by Crippen LogP contribution is -2.38. The van der Waals surface area contributed by atoms with Crippen molar-refractivity contribution in [1.82, 2.24) is 4.90 Å². The van der Waals surface area contributed by atoms with Crippen LogP contribution < -0.4 is 15.8 Å². The van der Waals surface area contributed by atoms with Crippen molar-refractivity contribution >= 4 is 49.2 Å². The Hall–Kier alpha value is -0.920. The first-order valence-electron chi connectivity index (χ1n) is 7.68. The van der Waals surface area contributed by atoms with Gasteiger partial charge in [0.15, 0.2) is 10.3 Å². The molecule has 1 aliphatic heterocycles. The van der Waals surface area contributed by atoms with Crippen LogP contribution in [0.25, 0.3) is 0 Å². The van der Waals surface area contributed by atoms with Crippen LogP contribution in [0.15, 0.2) is 29.3 Å². The summed E-state index contributed by atoms with van der Waals surface area (Å²) in [5.41, 5.74) is 7.36. The zero-order valence-electron chi connectivity index (χ0n) is 13.4. The lowest BCUT2D eigenvalue weighted by molar-refractivity contribution is 0.0322. The molecule has 1 unspecified atom stereocenters. The number of rotatable bonds is 6. The first-order valence-corrected chi connectivity index (χ1v) is 9.89. The summed E-state index contributed by atoms with van der Waals surface area (Å²) < 4.78 is 11.1. The van der Waals surface area contributed by atoms with Gasteiger partial charge in [0.05, 0.1) is 13.2 Å². The van der Waals surface area contributed by atoms with Crippen LogP contribution in [-0.4, -0.2) is 60.1 Å². The summed E-state index contributed by atoms with van der Waals surface area (Å²) in [5.74, 6) is 0.835. The van der Waals surface area contributed by atoms with Crippen LogP contribution in [0.5, 0.6) is 5.75 Å². The van der Waals surface area contributed by atoms with E-state index in [4.69, 9.17) is 27.4 Å². The first kappa shape index (κ1) is 19.4. The zero-order chi connectivity index (χ0) is 17.2. The number of nitrogens with one attached hydrogen (secondary N) is 1. The van der Waals surface area contributed by atoms with Crippen molar-refractivity contribution in [3.05, 3.63) is 24.3 Å². The molecule has 0 aromatic heterocycles. The van der Waals surface area contributed by atoms with Crippen LogP contribution >= 0.6 is 33.2 Å². The molecular weight excluding hydrogens is 363 g/mol. The summed E-state index contributed by atoms with van der Waals surface area (Å²) in [4.78, 5) is 6.44. The maximum atomic E-state index is 5.77. The van der Waals surface area contributed by atoms with Crippen molar-refractivity contribution < 1.29 is 9.47 Å². The van der Waals surface area contributed by atoms with Gasteiger partial charge in [-0.05, 0) is 36.5 Å². The third-order valence-electron chi connectivity index (χ3n) is 3.33. The second kappa shape index (κ2) is 10.8. The molecule has 1 saturated heterocycles. The van der Waals surface area contributed by atoms with Crippen molar-refractivity contribution in [1.29, 1.82) is 0 Å². The van der Waals surface area contributed by atoms with Gasteiger partial charge in [0.1, 0.15) is 12.4 Å². The van der Waals surface area contributed by atoms with E-state index in [1.54, 1.807) is 0 Å². The topological polar surface area (TPSA) is 72.1 Å². The van der Waals surface area contributed by atoms with Crippen molar-refractivity contribution in [2.75, 3.05) is 50.3 Å². The number of benzene rings is 1. The van der Waals surface area contributed by atoms with E-state index in [-0.39, 0.29) is 0 Å². The van der Waals surface area contributed by atoms with Crippen LogP contribution in [0, 0.1) is 0 Å². The van der Waals surface area contributed by atoms with E-state index in [2.05, 4.69) is 24.4 Å². The first-order chi connectivity index (χ1) is 11.7. The van der Waals surface area contributed by atoms with Gasteiger partial charge >= 0.3 is 0 Å². The fraction of sp³-hybridized carbons (Fsp3) is 0.467. The average molecular weight is 386 g/mol. The van der Waals surface area contributed by atoms with E-state index in [1.165, 1.54) is 11.8 Å². The number of thiocarbonyl (C=S) groups is 1. The van der Waals surface area contributed by atoms with E-state index in [9.17, 15) is 0 Å². The van der Waals surface area contributed by atoms with Crippen LogP contribution in [-0.2, 0) is 4.74 Å². The molecule has 3 N–H and O–H groups in total. The van der Waals surface area contributed by atoms with Crippen LogP contribution in [0.2, 0.25) is 0 Å². The molecule has 2 rings (SSSR count). The number of ether oxygens (including phenoxy) is 2. The molecule has 1 aliphatic rings. The molecule has 0 spiro atoms. The van der Waals surface area contributed by atoms with Crippen molar-refractivity contribution in [3.63, 3.8) is 0 Å². The molecule has 1 heterocycles. The fourth-order valence-electron chi connectivity index (χ4n) is 2.12. The highest BCUT2D eigenvalue weighted by atomic mass is 32.2.